The lowest BCUT2D eigenvalue weighted by Gasteiger charge is -2.18. The van der Waals surface area contributed by atoms with Gasteiger partial charge in [0.2, 0.25) is 5.95 Å². The van der Waals surface area contributed by atoms with Crippen LogP contribution in [0.3, 0.4) is 0 Å². The molecule has 136 valence electrons. The maximum Gasteiger partial charge on any atom is 0.308 e. The first-order chi connectivity index (χ1) is 11.9. The molecule has 1 aliphatic heterocycles. The molecule has 0 aliphatic carbocycles. The van der Waals surface area contributed by atoms with Crippen molar-refractivity contribution < 1.29 is 14.3 Å². The van der Waals surface area contributed by atoms with Gasteiger partial charge in [-0.05, 0) is 6.42 Å². The van der Waals surface area contributed by atoms with E-state index in [0.717, 1.165) is 6.42 Å². The summed E-state index contributed by atoms with van der Waals surface area (Å²) in [4.78, 5) is 24.5. The molecule has 0 aromatic carbocycles. The van der Waals surface area contributed by atoms with E-state index >= 15 is 0 Å². The van der Waals surface area contributed by atoms with E-state index in [1.807, 2.05) is 18.4 Å². The number of imidazole rings is 1. The number of carbonyl (C=O) groups excluding carboxylic acids is 1. The third-order valence-corrected chi connectivity index (χ3v) is 4.29. The fraction of sp³-hybridized carbons (Fsp3) is 0.625. The molecule has 3 N–H and O–H groups in total. The van der Waals surface area contributed by atoms with E-state index < -0.39 is 0 Å². The number of hydrogen-bond donors (Lipinski definition) is 2. The van der Waals surface area contributed by atoms with Gasteiger partial charge in [0.05, 0.1) is 18.3 Å². The molecule has 9 heteroatoms. The van der Waals surface area contributed by atoms with Crippen LogP contribution >= 0.6 is 0 Å². The minimum atomic E-state index is -0.244. The van der Waals surface area contributed by atoms with Gasteiger partial charge in [-0.3, -0.25) is 9.36 Å². The van der Waals surface area contributed by atoms with Crippen LogP contribution in [-0.2, 0) is 14.3 Å². The summed E-state index contributed by atoms with van der Waals surface area (Å²) < 4.78 is 13.3. The molecule has 2 aromatic rings. The van der Waals surface area contributed by atoms with Gasteiger partial charge in [0.25, 0.3) is 0 Å². The van der Waals surface area contributed by atoms with Crippen molar-refractivity contribution in [2.45, 2.75) is 39.5 Å². The summed E-state index contributed by atoms with van der Waals surface area (Å²) in [6.07, 6.45) is 2.08. The number of nitrogen functional groups attached to an aromatic ring is 1. The van der Waals surface area contributed by atoms with Crippen molar-refractivity contribution in [2.75, 3.05) is 24.7 Å². The van der Waals surface area contributed by atoms with Gasteiger partial charge in [-0.25, -0.2) is 4.98 Å². The number of hydrogen-bond acceptors (Lipinski definition) is 8. The number of esters is 1. The van der Waals surface area contributed by atoms with Crippen LogP contribution in [0.15, 0.2) is 6.33 Å². The number of aromatic nitrogens is 4. The molecular formula is C16H24N6O3. The topological polar surface area (TPSA) is 117 Å². The standard InChI is InChI=1S/C16H24N6O3/c1-8(2)15(23)24-6-10-5-9(3)14(25-10)22-7-19-11-12(18-4)20-16(17)21-13(11)22/h7-10,14H,5-6H2,1-4H3,(H3,17,18,20,21)/t9-,10-,14+/m0/s1. The summed E-state index contributed by atoms with van der Waals surface area (Å²) in [6.45, 7) is 5.96. The van der Waals surface area contributed by atoms with E-state index in [9.17, 15) is 4.79 Å². The summed E-state index contributed by atoms with van der Waals surface area (Å²) >= 11 is 0. The lowest BCUT2D eigenvalue weighted by Crippen LogP contribution is -2.21. The predicted molar refractivity (Wildman–Crippen MR) is 92.8 cm³/mol. The average Bonchev–Trinajstić information content (AvgIpc) is 3.14. The van der Waals surface area contributed by atoms with Crippen LogP contribution in [0.2, 0.25) is 0 Å². The third kappa shape index (κ3) is 3.37. The number of fused-ring (bicyclic) bond motifs is 1. The third-order valence-electron chi connectivity index (χ3n) is 4.29. The van der Waals surface area contributed by atoms with Crippen molar-refractivity contribution in [3.8, 4) is 0 Å². The van der Waals surface area contributed by atoms with E-state index in [-0.39, 0.29) is 42.7 Å². The minimum absolute atomic E-state index is 0.146. The van der Waals surface area contributed by atoms with Crippen LogP contribution in [-0.4, -0.2) is 45.2 Å². The molecule has 1 saturated heterocycles. The van der Waals surface area contributed by atoms with Crippen LogP contribution < -0.4 is 11.1 Å². The molecule has 3 heterocycles. The van der Waals surface area contributed by atoms with Crippen molar-refractivity contribution in [1.82, 2.24) is 19.5 Å². The zero-order valence-corrected chi connectivity index (χ0v) is 14.9. The molecule has 0 unspecified atom stereocenters. The van der Waals surface area contributed by atoms with E-state index in [2.05, 4.69) is 27.2 Å². The fourth-order valence-corrected chi connectivity index (χ4v) is 3.00. The second kappa shape index (κ2) is 6.83. The van der Waals surface area contributed by atoms with Gasteiger partial charge in [-0.15, -0.1) is 0 Å². The van der Waals surface area contributed by atoms with E-state index in [1.165, 1.54) is 0 Å². The van der Waals surface area contributed by atoms with Crippen molar-refractivity contribution in [2.24, 2.45) is 11.8 Å². The minimum Gasteiger partial charge on any atom is -0.463 e. The molecule has 1 aliphatic rings. The Labute approximate surface area is 145 Å². The average molecular weight is 348 g/mol. The van der Waals surface area contributed by atoms with Gasteiger partial charge in [0, 0.05) is 13.0 Å². The monoisotopic (exact) mass is 348 g/mol. The van der Waals surface area contributed by atoms with Gasteiger partial charge >= 0.3 is 5.97 Å². The normalized spacial score (nSPS) is 23.3. The van der Waals surface area contributed by atoms with Gasteiger partial charge < -0.3 is 20.5 Å². The quantitative estimate of drug-likeness (QED) is 0.782. The van der Waals surface area contributed by atoms with Crippen LogP contribution in [0.1, 0.15) is 33.4 Å². The summed E-state index contributed by atoms with van der Waals surface area (Å²) in [7, 11) is 1.76. The highest BCUT2D eigenvalue weighted by atomic mass is 16.6. The molecule has 25 heavy (non-hydrogen) atoms. The Hall–Kier alpha value is -2.42. The number of nitrogens with one attached hydrogen (secondary N) is 1. The Bertz CT molecular complexity index is 775. The molecule has 0 bridgehead atoms. The Kier molecular flexibility index (Phi) is 4.76. The van der Waals surface area contributed by atoms with Gasteiger partial charge in [0.15, 0.2) is 17.0 Å². The van der Waals surface area contributed by atoms with Crippen molar-refractivity contribution >= 4 is 28.9 Å². The van der Waals surface area contributed by atoms with E-state index in [1.54, 1.807) is 13.4 Å². The first kappa shape index (κ1) is 17.4. The lowest BCUT2D eigenvalue weighted by molar-refractivity contribution is -0.152. The Morgan fingerprint density at radius 1 is 1.52 bits per heavy atom. The second-order valence-corrected chi connectivity index (χ2v) is 6.65. The Morgan fingerprint density at radius 3 is 2.96 bits per heavy atom. The highest BCUT2D eigenvalue weighted by molar-refractivity contribution is 5.84. The molecule has 2 aromatic heterocycles. The SMILES string of the molecule is CNc1nc(N)nc2c1ncn2[C@@H]1O[C@H](COC(=O)C(C)C)C[C@@H]1C. The molecule has 3 atom stereocenters. The molecule has 1 fully saturated rings. The number of ether oxygens (including phenoxy) is 2. The number of anilines is 2. The summed E-state index contributed by atoms with van der Waals surface area (Å²) in [5, 5.41) is 2.97. The molecular weight excluding hydrogens is 324 g/mol. The van der Waals surface area contributed by atoms with Crippen LogP contribution in [0.5, 0.6) is 0 Å². The van der Waals surface area contributed by atoms with Crippen LogP contribution in [0.25, 0.3) is 11.2 Å². The summed E-state index contributed by atoms with van der Waals surface area (Å²) in [6, 6.07) is 0. The molecule has 0 amide bonds. The first-order valence-corrected chi connectivity index (χ1v) is 8.40. The molecule has 0 spiro atoms. The van der Waals surface area contributed by atoms with Gasteiger partial charge in [0.1, 0.15) is 12.8 Å². The number of carbonyl (C=O) groups is 1. The number of nitrogens with two attached hydrogens (primary N) is 1. The fourth-order valence-electron chi connectivity index (χ4n) is 3.00. The van der Waals surface area contributed by atoms with Crippen molar-refractivity contribution in [1.29, 1.82) is 0 Å². The Balaban J connectivity index is 1.79. The maximum atomic E-state index is 11.6. The van der Waals surface area contributed by atoms with Gasteiger partial charge in [-0.1, -0.05) is 20.8 Å². The van der Waals surface area contributed by atoms with Crippen molar-refractivity contribution in [3.05, 3.63) is 6.33 Å². The Morgan fingerprint density at radius 2 is 2.28 bits per heavy atom. The molecule has 0 radical (unpaired) electrons. The van der Waals surface area contributed by atoms with Crippen LogP contribution in [0, 0.1) is 11.8 Å². The van der Waals surface area contributed by atoms with Crippen LogP contribution in [0.4, 0.5) is 11.8 Å². The lowest BCUT2D eigenvalue weighted by atomic mass is 10.1. The zero-order chi connectivity index (χ0) is 18.1. The zero-order valence-electron chi connectivity index (χ0n) is 14.9. The number of rotatable bonds is 5. The maximum absolute atomic E-state index is 11.6. The smallest absolute Gasteiger partial charge is 0.308 e. The predicted octanol–water partition coefficient (Wildman–Crippen LogP) is 1.57. The number of nitrogens with zero attached hydrogens (tertiary/aromatic N) is 4. The van der Waals surface area contributed by atoms with E-state index in [0.29, 0.717) is 17.0 Å². The first-order valence-electron chi connectivity index (χ1n) is 8.40. The summed E-state index contributed by atoms with van der Waals surface area (Å²) in [5.41, 5.74) is 7.06. The summed E-state index contributed by atoms with van der Waals surface area (Å²) in [5.74, 6) is 0.606. The molecule has 3 rings (SSSR count). The largest absolute Gasteiger partial charge is 0.463 e. The molecule has 0 saturated carbocycles. The molecule has 9 nitrogen and oxygen atoms in total. The highest BCUT2D eigenvalue weighted by Gasteiger charge is 2.35. The highest BCUT2D eigenvalue weighted by Crippen LogP contribution is 2.36. The van der Waals surface area contributed by atoms with E-state index in [4.69, 9.17) is 15.2 Å². The second-order valence-electron chi connectivity index (χ2n) is 6.65. The van der Waals surface area contributed by atoms with Gasteiger partial charge in [-0.2, -0.15) is 9.97 Å². The van der Waals surface area contributed by atoms with Crippen molar-refractivity contribution in [3.63, 3.8) is 0 Å².